The maximum absolute atomic E-state index is 10.3. The third-order valence-electron chi connectivity index (χ3n) is 5.75. The van der Waals surface area contributed by atoms with E-state index < -0.39 is 5.60 Å². The van der Waals surface area contributed by atoms with Gasteiger partial charge in [0, 0.05) is 16.6 Å². The van der Waals surface area contributed by atoms with Gasteiger partial charge in [0.15, 0.2) is 0 Å². The predicted molar refractivity (Wildman–Crippen MR) is 96.2 cm³/mol. The molecule has 0 radical (unpaired) electrons. The number of hydrogen-bond acceptors (Lipinski definition) is 3. The number of aromatic nitrogens is 1. The van der Waals surface area contributed by atoms with Crippen LogP contribution >= 0.6 is 0 Å². The molecule has 1 fully saturated rings. The molecule has 4 nitrogen and oxygen atoms in total. The fourth-order valence-corrected chi connectivity index (χ4v) is 4.41. The van der Waals surface area contributed by atoms with E-state index in [1.54, 1.807) is 0 Å². The number of nitrogens with one attached hydrogen (secondary N) is 2. The van der Waals surface area contributed by atoms with Gasteiger partial charge in [-0.2, -0.15) is 0 Å². The van der Waals surface area contributed by atoms with Crippen molar-refractivity contribution < 1.29 is 9.84 Å². The molecule has 130 valence electrons. The summed E-state index contributed by atoms with van der Waals surface area (Å²) in [5.74, 6) is 0. The molecule has 3 N–H and O–H groups in total. The highest BCUT2D eigenvalue weighted by Gasteiger charge is 2.44. The van der Waals surface area contributed by atoms with E-state index in [4.69, 9.17) is 4.74 Å². The van der Waals surface area contributed by atoms with E-state index in [9.17, 15) is 5.11 Å². The summed E-state index contributed by atoms with van der Waals surface area (Å²) in [7, 11) is 0. The van der Waals surface area contributed by atoms with E-state index in [1.807, 2.05) is 13.8 Å². The number of hydrogen-bond donors (Lipinski definition) is 3. The fourth-order valence-electron chi connectivity index (χ4n) is 4.41. The summed E-state index contributed by atoms with van der Waals surface area (Å²) in [6.45, 7) is 6.89. The zero-order valence-corrected chi connectivity index (χ0v) is 14.9. The maximum Gasteiger partial charge on any atom is 0.0865 e. The van der Waals surface area contributed by atoms with Gasteiger partial charge in [0.1, 0.15) is 0 Å². The fraction of sp³-hybridized carbons (Fsp3) is 0.600. The number of para-hydroxylation sites is 1. The van der Waals surface area contributed by atoms with Crippen LogP contribution in [0.3, 0.4) is 0 Å². The second kappa shape index (κ2) is 5.58. The molecular formula is C20H28N2O2. The van der Waals surface area contributed by atoms with E-state index in [2.05, 4.69) is 41.5 Å². The minimum Gasteiger partial charge on any atom is -0.388 e. The van der Waals surface area contributed by atoms with Gasteiger partial charge in [-0.3, -0.25) is 0 Å². The topological polar surface area (TPSA) is 57.3 Å². The van der Waals surface area contributed by atoms with Crippen LogP contribution in [0.4, 0.5) is 0 Å². The maximum atomic E-state index is 10.3. The smallest absolute Gasteiger partial charge is 0.0865 e. The first-order chi connectivity index (χ1) is 11.4. The first-order valence-electron chi connectivity index (χ1n) is 9.09. The van der Waals surface area contributed by atoms with Gasteiger partial charge in [-0.15, -0.1) is 0 Å². The van der Waals surface area contributed by atoms with E-state index in [0.29, 0.717) is 0 Å². The van der Waals surface area contributed by atoms with Crippen molar-refractivity contribution in [2.45, 2.75) is 69.8 Å². The van der Waals surface area contributed by atoms with Gasteiger partial charge in [-0.25, -0.2) is 0 Å². The number of aromatic amines is 1. The van der Waals surface area contributed by atoms with Crippen LogP contribution in [0.25, 0.3) is 10.9 Å². The van der Waals surface area contributed by atoms with Gasteiger partial charge in [0.05, 0.1) is 23.3 Å². The van der Waals surface area contributed by atoms with Gasteiger partial charge < -0.3 is 20.1 Å². The summed E-state index contributed by atoms with van der Waals surface area (Å²) < 4.78 is 6.30. The van der Waals surface area contributed by atoms with Crippen molar-refractivity contribution in [1.82, 2.24) is 10.3 Å². The second-order valence-corrected chi connectivity index (χ2v) is 8.27. The van der Waals surface area contributed by atoms with Crippen LogP contribution in [-0.2, 0) is 11.2 Å². The monoisotopic (exact) mass is 328 g/mol. The average molecular weight is 328 g/mol. The van der Waals surface area contributed by atoms with Gasteiger partial charge in [0.2, 0.25) is 0 Å². The van der Waals surface area contributed by atoms with Crippen LogP contribution in [0.1, 0.15) is 57.3 Å². The number of fused-ring (bicyclic) bond motifs is 3. The molecule has 24 heavy (non-hydrogen) atoms. The van der Waals surface area contributed by atoms with Crippen molar-refractivity contribution in [1.29, 1.82) is 0 Å². The Balaban J connectivity index is 1.59. The molecule has 0 aliphatic carbocycles. The van der Waals surface area contributed by atoms with E-state index >= 15 is 0 Å². The molecule has 2 aliphatic heterocycles. The molecule has 0 amide bonds. The molecule has 4 rings (SSSR count). The summed E-state index contributed by atoms with van der Waals surface area (Å²) in [6, 6.07) is 8.85. The van der Waals surface area contributed by atoms with Crippen LogP contribution in [0.5, 0.6) is 0 Å². The molecule has 3 heterocycles. The SMILES string of the molecule is CC(C)(O)[C@H]1CC[C@](C)(CC2NCCc3c2[nH]c2ccccc32)O1. The Bertz CT molecular complexity index is 746. The summed E-state index contributed by atoms with van der Waals surface area (Å²) in [5.41, 5.74) is 3.04. The summed E-state index contributed by atoms with van der Waals surface area (Å²) in [5, 5.41) is 15.3. The Labute approximate surface area is 143 Å². The number of benzene rings is 1. The summed E-state index contributed by atoms with van der Waals surface area (Å²) in [4.78, 5) is 3.63. The predicted octanol–water partition coefficient (Wildman–Crippen LogP) is 3.45. The molecule has 1 saturated heterocycles. The number of aliphatic hydroxyl groups is 1. The lowest BCUT2D eigenvalue weighted by Crippen LogP contribution is -2.40. The van der Waals surface area contributed by atoms with Crippen LogP contribution in [-0.4, -0.2) is 33.9 Å². The van der Waals surface area contributed by atoms with Gasteiger partial charge >= 0.3 is 0 Å². The lowest BCUT2D eigenvalue weighted by atomic mass is 9.88. The van der Waals surface area contributed by atoms with Gasteiger partial charge in [-0.1, -0.05) is 18.2 Å². The third-order valence-corrected chi connectivity index (χ3v) is 5.75. The Morgan fingerprint density at radius 3 is 2.88 bits per heavy atom. The highest BCUT2D eigenvalue weighted by molar-refractivity contribution is 5.85. The number of ether oxygens (including phenoxy) is 1. The van der Waals surface area contributed by atoms with E-state index in [0.717, 1.165) is 32.2 Å². The van der Waals surface area contributed by atoms with Crippen molar-refractivity contribution in [3.05, 3.63) is 35.5 Å². The number of H-pyrrole nitrogens is 1. The molecule has 1 unspecified atom stereocenters. The lowest BCUT2D eigenvalue weighted by molar-refractivity contribution is -0.120. The lowest BCUT2D eigenvalue weighted by Gasteiger charge is -2.34. The Kier molecular flexibility index (Phi) is 3.75. The quantitative estimate of drug-likeness (QED) is 0.809. The van der Waals surface area contributed by atoms with Crippen molar-refractivity contribution in [2.24, 2.45) is 0 Å². The second-order valence-electron chi connectivity index (χ2n) is 8.27. The molecule has 2 aromatic rings. The minimum absolute atomic E-state index is 0.0757. The normalized spacial score (nSPS) is 30.7. The Morgan fingerprint density at radius 1 is 1.33 bits per heavy atom. The molecule has 3 atom stereocenters. The summed E-state index contributed by atoms with van der Waals surface area (Å²) in [6.07, 6.45) is 3.84. The first-order valence-corrected chi connectivity index (χ1v) is 9.09. The molecule has 4 heteroatoms. The van der Waals surface area contributed by atoms with Crippen molar-refractivity contribution >= 4 is 10.9 Å². The zero-order valence-electron chi connectivity index (χ0n) is 14.9. The minimum atomic E-state index is -0.774. The highest BCUT2D eigenvalue weighted by atomic mass is 16.5. The van der Waals surface area contributed by atoms with Gasteiger partial charge in [0.25, 0.3) is 0 Å². The zero-order chi connectivity index (χ0) is 16.9. The molecule has 2 aliphatic rings. The van der Waals surface area contributed by atoms with Crippen LogP contribution in [0, 0.1) is 0 Å². The molecular weight excluding hydrogens is 300 g/mol. The van der Waals surface area contributed by atoms with E-state index in [1.165, 1.54) is 22.2 Å². The standard InChI is InChI=1S/C20H28N2O2/c1-19(2,23)17-8-10-20(3,24-17)12-16-18-14(9-11-21-16)13-6-4-5-7-15(13)22-18/h4-7,16-17,21-23H,8-12H2,1-3H3/t16?,17-,20-/m1/s1. The van der Waals surface area contributed by atoms with Crippen LogP contribution in [0.2, 0.25) is 0 Å². The molecule has 0 saturated carbocycles. The largest absolute Gasteiger partial charge is 0.388 e. The third kappa shape index (κ3) is 2.77. The Hall–Kier alpha value is -1.36. The van der Waals surface area contributed by atoms with Gasteiger partial charge in [-0.05, 0) is 64.6 Å². The van der Waals surface area contributed by atoms with E-state index in [-0.39, 0.29) is 17.7 Å². The van der Waals surface area contributed by atoms with Crippen LogP contribution < -0.4 is 5.32 Å². The first kappa shape index (κ1) is 16.1. The van der Waals surface area contributed by atoms with Crippen LogP contribution in [0.15, 0.2) is 24.3 Å². The molecule has 0 spiro atoms. The molecule has 1 aromatic heterocycles. The average Bonchev–Trinajstić information content (AvgIpc) is 3.09. The van der Waals surface area contributed by atoms with Crippen molar-refractivity contribution in [2.75, 3.05) is 6.54 Å². The molecule has 0 bridgehead atoms. The molecule has 1 aromatic carbocycles. The van der Waals surface area contributed by atoms with Crippen molar-refractivity contribution in [3.8, 4) is 0 Å². The number of rotatable bonds is 3. The Morgan fingerprint density at radius 2 is 2.12 bits per heavy atom. The summed E-state index contributed by atoms with van der Waals surface area (Å²) >= 11 is 0. The van der Waals surface area contributed by atoms with Crippen molar-refractivity contribution in [3.63, 3.8) is 0 Å². The highest BCUT2D eigenvalue weighted by Crippen LogP contribution is 2.42.